The standard InChI is InChI=1S/C12H12Si.Si/c1-3-7-11(8-4-1)13-12-9-5-2-6-10-12;/h1-10H,13H2;. The highest BCUT2D eigenvalue weighted by molar-refractivity contribution is 6.67. The van der Waals surface area contributed by atoms with Gasteiger partial charge in [0.2, 0.25) is 0 Å². The van der Waals surface area contributed by atoms with E-state index in [2.05, 4.69) is 60.7 Å². The fourth-order valence-corrected chi connectivity index (χ4v) is 2.91. The summed E-state index contributed by atoms with van der Waals surface area (Å²) in [6.45, 7) is 0. The van der Waals surface area contributed by atoms with E-state index in [4.69, 9.17) is 0 Å². The summed E-state index contributed by atoms with van der Waals surface area (Å²) in [4.78, 5) is 0. The van der Waals surface area contributed by atoms with Crippen LogP contribution in [0.4, 0.5) is 0 Å². The van der Waals surface area contributed by atoms with Crippen LogP contribution in [0.15, 0.2) is 60.7 Å². The Labute approximate surface area is 91.8 Å². The Hall–Kier alpha value is -1.13. The van der Waals surface area contributed by atoms with Crippen LogP contribution >= 0.6 is 0 Å². The third-order valence-corrected chi connectivity index (χ3v) is 3.85. The van der Waals surface area contributed by atoms with Crippen LogP contribution in [0.2, 0.25) is 0 Å². The van der Waals surface area contributed by atoms with E-state index >= 15 is 0 Å². The summed E-state index contributed by atoms with van der Waals surface area (Å²) >= 11 is 0. The third-order valence-electron chi connectivity index (χ3n) is 2.09. The van der Waals surface area contributed by atoms with Crippen LogP contribution in [0.5, 0.6) is 0 Å². The molecule has 0 aliphatic heterocycles. The van der Waals surface area contributed by atoms with Crippen molar-refractivity contribution in [1.82, 2.24) is 0 Å². The van der Waals surface area contributed by atoms with Crippen LogP contribution < -0.4 is 10.4 Å². The molecule has 0 heterocycles. The minimum Gasteiger partial charge on any atom is -0.0633 e. The molecule has 0 fully saturated rings. The van der Waals surface area contributed by atoms with Crippen molar-refractivity contribution in [2.75, 3.05) is 0 Å². The first-order valence-electron chi connectivity index (χ1n) is 4.53. The molecule has 0 amide bonds. The van der Waals surface area contributed by atoms with Crippen molar-refractivity contribution in [3.63, 3.8) is 0 Å². The lowest BCUT2D eigenvalue weighted by molar-refractivity contribution is 1.75. The molecule has 2 aromatic carbocycles. The summed E-state index contributed by atoms with van der Waals surface area (Å²) in [6.07, 6.45) is 0. The minimum absolute atomic E-state index is 0. The molecule has 2 heteroatoms. The molecule has 2 rings (SSSR count). The van der Waals surface area contributed by atoms with Crippen molar-refractivity contribution >= 4 is 30.9 Å². The van der Waals surface area contributed by atoms with Crippen LogP contribution in [0, 0.1) is 0 Å². The molecular weight excluding hydrogens is 200 g/mol. The topological polar surface area (TPSA) is 0 Å². The van der Waals surface area contributed by atoms with E-state index in [0.717, 1.165) is 0 Å². The highest BCUT2D eigenvalue weighted by Gasteiger charge is 1.93. The molecule has 14 heavy (non-hydrogen) atoms. The second-order valence-corrected chi connectivity index (χ2v) is 5.13. The Morgan fingerprint density at radius 1 is 0.571 bits per heavy atom. The van der Waals surface area contributed by atoms with Gasteiger partial charge in [-0.2, -0.15) is 0 Å². The van der Waals surface area contributed by atoms with Gasteiger partial charge in [-0.25, -0.2) is 0 Å². The molecule has 0 spiro atoms. The highest BCUT2D eigenvalue weighted by atomic mass is 28.2. The lowest BCUT2D eigenvalue weighted by Crippen LogP contribution is -2.26. The Bertz CT molecular complexity index is 319. The van der Waals surface area contributed by atoms with E-state index in [1.165, 1.54) is 10.4 Å². The maximum absolute atomic E-state index is 2.22. The zero-order valence-corrected chi connectivity index (χ0v) is 10.4. The predicted octanol–water partition coefficient (Wildman–Crippen LogP) is 0.425. The zero-order valence-electron chi connectivity index (χ0n) is 7.98. The molecule has 0 saturated carbocycles. The van der Waals surface area contributed by atoms with Gasteiger partial charge >= 0.3 is 0 Å². The van der Waals surface area contributed by atoms with E-state index in [1.54, 1.807) is 0 Å². The van der Waals surface area contributed by atoms with Crippen LogP contribution in [0.1, 0.15) is 0 Å². The molecule has 0 N–H and O–H groups in total. The van der Waals surface area contributed by atoms with Gasteiger partial charge in [0.25, 0.3) is 0 Å². The molecule has 0 aromatic heterocycles. The Morgan fingerprint density at radius 3 is 1.29 bits per heavy atom. The van der Waals surface area contributed by atoms with Crippen molar-refractivity contribution in [3.05, 3.63) is 60.7 Å². The van der Waals surface area contributed by atoms with Crippen molar-refractivity contribution in [1.29, 1.82) is 0 Å². The summed E-state index contributed by atoms with van der Waals surface area (Å²) in [7, 11) is -0.234. The number of rotatable bonds is 2. The van der Waals surface area contributed by atoms with E-state index in [9.17, 15) is 0 Å². The van der Waals surface area contributed by atoms with Gasteiger partial charge in [0.05, 0.1) is 9.52 Å². The van der Waals surface area contributed by atoms with Gasteiger partial charge in [-0.1, -0.05) is 71.0 Å². The van der Waals surface area contributed by atoms with Gasteiger partial charge in [-0.15, -0.1) is 0 Å². The number of hydrogen-bond acceptors (Lipinski definition) is 0. The second kappa shape index (κ2) is 5.57. The van der Waals surface area contributed by atoms with Crippen LogP contribution in [-0.4, -0.2) is 20.5 Å². The SMILES string of the molecule is [Si].c1ccc([SiH2]c2ccccc2)cc1. The zero-order chi connectivity index (χ0) is 8.93. The first-order valence-corrected chi connectivity index (χ1v) is 5.94. The Kier molecular flexibility index (Phi) is 4.36. The highest BCUT2D eigenvalue weighted by Crippen LogP contribution is 1.84. The fraction of sp³-hybridized carbons (Fsp3) is 0. The maximum atomic E-state index is 2.22. The molecule has 0 atom stereocenters. The predicted molar refractivity (Wildman–Crippen MR) is 66.5 cm³/mol. The molecule has 0 aliphatic carbocycles. The molecule has 2 aromatic rings. The monoisotopic (exact) mass is 212 g/mol. The van der Waals surface area contributed by atoms with E-state index < -0.39 is 0 Å². The summed E-state index contributed by atoms with van der Waals surface area (Å²) in [5, 5.41) is 3.02. The average Bonchev–Trinajstić information content (AvgIpc) is 2.21. The second-order valence-electron chi connectivity index (χ2n) is 3.15. The van der Waals surface area contributed by atoms with E-state index in [1.807, 2.05) is 0 Å². The van der Waals surface area contributed by atoms with Crippen molar-refractivity contribution in [2.45, 2.75) is 0 Å². The largest absolute Gasteiger partial charge is 0.0875 e. The van der Waals surface area contributed by atoms with Gasteiger partial charge in [0, 0.05) is 11.0 Å². The molecule has 0 bridgehead atoms. The Morgan fingerprint density at radius 2 is 0.929 bits per heavy atom. The van der Waals surface area contributed by atoms with E-state index in [-0.39, 0.29) is 20.5 Å². The first-order chi connectivity index (χ1) is 6.45. The first kappa shape index (κ1) is 11.0. The number of benzene rings is 2. The summed E-state index contributed by atoms with van der Waals surface area (Å²) in [6, 6.07) is 21.5. The number of hydrogen-bond donors (Lipinski definition) is 0. The van der Waals surface area contributed by atoms with Crippen molar-refractivity contribution in [3.8, 4) is 0 Å². The van der Waals surface area contributed by atoms with Crippen LogP contribution in [0.3, 0.4) is 0 Å². The quantitative estimate of drug-likeness (QED) is 0.633. The molecule has 0 aliphatic rings. The molecule has 0 saturated heterocycles. The van der Waals surface area contributed by atoms with E-state index in [0.29, 0.717) is 0 Å². The maximum Gasteiger partial charge on any atom is 0.0875 e. The average molecular weight is 212 g/mol. The van der Waals surface area contributed by atoms with Crippen molar-refractivity contribution in [2.24, 2.45) is 0 Å². The summed E-state index contributed by atoms with van der Waals surface area (Å²) in [5.41, 5.74) is 0. The van der Waals surface area contributed by atoms with Gasteiger partial charge in [-0.3, -0.25) is 0 Å². The molecule has 4 radical (unpaired) electrons. The fourth-order valence-electron chi connectivity index (χ4n) is 1.43. The summed E-state index contributed by atoms with van der Waals surface area (Å²) in [5.74, 6) is 0. The lowest BCUT2D eigenvalue weighted by atomic mass is 10.4. The normalized spacial score (nSPS) is 9.14. The smallest absolute Gasteiger partial charge is 0.0633 e. The van der Waals surface area contributed by atoms with Crippen LogP contribution in [-0.2, 0) is 0 Å². The lowest BCUT2D eigenvalue weighted by Gasteiger charge is -1.99. The van der Waals surface area contributed by atoms with Crippen LogP contribution in [0.25, 0.3) is 0 Å². The molecular formula is C12H12Si2. The van der Waals surface area contributed by atoms with Crippen molar-refractivity contribution < 1.29 is 0 Å². The Balaban J connectivity index is 0.000000980. The van der Waals surface area contributed by atoms with Gasteiger partial charge in [0.1, 0.15) is 0 Å². The van der Waals surface area contributed by atoms with Gasteiger partial charge in [0.15, 0.2) is 0 Å². The molecule has 0 unspecified atom stereocenters. The molecule has 68 valence electrons. The van der Waals surface area contributed by atoms with Gasteiger partial charge in [-0.05, 0) is 0 Å². The molecule has 0 nitrogen and oxygen atoms in total. The summed E-state index contributed by atoms with van der Waals surface area (Å²) < 4.78 is 0. The van der Waals surface area contributed by atoms with Gasteiger partial charge < -0.3 is 0 Å². The third kappa shape index (κ3) is 2.98. The minimum atomic E-state index is -0.234.